The van der Waals surface area contributed by atoms with Crippen molar-refractivity contribution in [3.05, 3.63) is 44.6 Å². The number of nitro groups is 1. The van der Waals surface area contributed by atoms with Crippen molar-refractivity contribution in [3.63, 3.8) is 0 Å². The van der Waals surface area contributed by atoms with Crippen molar-refractivity contribution in [3.8, 4) is 0 Å². The summed E-state index contributed by atoms with van der Waals surface area (Å²) in [5.41, 5.74) is -0.183. The molecule has 6 nitrogen and oxygen atoms in total. The third-order valence-corrected chi connectivity index (χ3v) is 4.10. The quantitative estimate of drug-likeness (QED) is 0.495. The fourth-order valence-corrected chi connectivity index (χ4v) is 2.86. The minimum absolute atomic E-state index is 0.183. The highest BCUT2D eigenvalue weighted by Crippen LogP contribution is 2.38. The van der Waals surface area contributed by atoms with Crippen LogP contribution >= 0.6 is 35.0 Å². The van der Waals surface area contributed by atoms with E-state index in [1.165, 1.54) is 6.20 Å². The first-order chi connectivity index (χ1) is 10.0. The Labute approximate surface area is 135 Å². The van der Waals surface area contributed by atoms with Gasteiger partial charge in [-0.15, -0.1) is 0 Å². The molecule has 1 N–H and O–H groups in total. The third kappa shape index (κ3) is 3.96. The fraction of sp³-hybridized carbons (Fsp3) is 0.167. The van der Waals surface area contributed by atoms with Crippen molar-refractivity contribution in [1.82, 2.24) is 9.97 Å². The summed E-state index contributed by atoms with van der Waals surface area (Å²) in [4.78, 5) is 19.2. The van der Waals surface area contributed by atoms with Crippen LogP contribution in [0.5, 0.6) is 0 Å². The van der Waals surface area contributed by atoms with Crippen molar-refractivity contribution in [2.24, 2.45) is 0 Å². The maximum Gasteiger partial charge on any atom is 0.320 e. The van der Waals surface area contributed by atoms with E-state index < -0.39 is 4.92 Å². The van der Waals surface area contributed by atoms with Gasteiger partial charge in [0.15, 0.2) is 5.03 Å². The van der Waals surface area contributed by atoms with E-state index in [4.69, 9.17) is 23.2 Å². The van der Waals surface area contributed by atoms with Crippen molar-refractivity contribution in [2.75, 3.05) is 11.9 Å². The van der Waals surface area contributed by atoms with E-state index in [9.17, 15) is 10.1 Å². The number of rotatable bonds is 5. The van der Waals surface area contributed by atoms with Gasteiger partial charge in [-0.3, -0.25) is 10.1 Å². The Balaban J connectivity index is 2.43. The van der Waals surface area contributed by atoms with Gasteiger partial charge in [0.2, 0.25) is 5.95 Å². The van der Waals surface area contributed by atoms with Gasteiger partial charge in [-0.25, -0.2) is 4.98 Å². The van der Waals surface area contributed by atoms with Crippen LogP contribution in [0.15, 0.2) is 34.3 Å². The number of nitrogens with zero attached hydrogens (tertiary/aromatic N) is 3. The largest absolute Gasteiger partial charge is 0.354 e. The molecule has 0 spiro atoms. The Hall–Kier alpha value is -1.57. The summed E-state index contributed by atoms with van der Waals surface area (Å²) < 4.78 is 0. The first-order valence-corrected chi connectivity index (χ1v) is 7.46. The Bertz CT molecular complexity index is 684. The highest BCUT2D eigenvalue weighted by atomic mass is 35.5. The van der Waals surface area contributed by atoms with Crippen LogP contribution in [0.1, 0.15) is 6.92 Å². The minimum atomic E-state index is -0.531. The van der Waals surface area contributed by atoms with E-state index in [0.29, 0.717) is 27.4 Å². The molecule has 1 heterocycles. The van der Waals surface area contributed by atoms with E-state index in [1.807, 2.05) is 6.92 Å². The number of aromatic nitrogens is 2. The van der Waals surface area contributed by atoms with Crippen molar-refractivity contribution in [2.45, 2.75) is 16.8 Å². The Morgan fingerprint density at radius 2 is 2.19 bits per heavy atom. The van der Waals surface area contributed by atoms with E-state index in [2.05, 4.69) is 15.3 Å². The predicted octanol–water partition coefficient (Wildman–Crippen LogP) is 4.27. The lowest BCUT2D eigenvalue weighted by atomic mass is 10.4. The van der Waals surface area contributed by atoms with Crippen LogP contribution in [-0.2, 0) is 0 Å². The topological polar surface area (TPSA) is 81.0 Å². The van der Waals surface area contributed by atoms with Gasteiger partial charge in [0.25, 0.3) is 0 Å². The SMILES string of the molecule is CCNc1ncc([N+](=O)[O-])c(Sc2cc(Cl)ccc2Cl)n1. The average Bonchev–Trinajstić information content (AvgIpc) is 2.43. The van der Waals surface area contributed by atoms with Crippen LogP contribution in [0.25, 0.3) is 0 Å². The maximum atomic E-state index is 11.1. The average molecular weight is 345 g/mol. The molecule has 21 heavy (non-hydrogen) atoms. The molecular weight excluding hydrogens is 335 g/mol. The smallest absolute Gasteiger partial charge is 0.320 e. The van der Waals surface area contributed by atoms with E-state index >= 15 is 0 Å². The molecule has 0 aliphatic heterocycles. The molecule has 2 rings (SSSR count). The number of hydrogen-bond acceptors (Lipinski definition) is 6. The molecule has 0 radical (unpaired) electrons. The van der Waals surface area contributed by atoms with Crippen LogP contribution in [0, 0.1) is 10.1 Å². The summed E-state index contributed by atoms with van der Waals surface area (Å²) in [5.74, 6) is 0.323. The van der Waals surface area contributed by atoms with E-state index in [0.717, 1.165) is 11.8 Å². The highest BCUT2D eigenvalue weighted by Gasteiger charge is 2.19. The number of hydrogen-bond donors (Lipinski definition) is 1. The molecule has 0 aliphatic carbocycles. The zero-order chi connectivity index (χ0) is 15.4. The second kappa shape index (κ2) is 6.93. The molecule has 0 saturated carbocycles. The second-order valence-electron chi connectivity index (χ2n) is 3.85. The van der Waals surface area contributed by atoms with Gasteiger partial charge < -0.3 is 5.32 Å². The van der Waals surface area contributed by atoms with Gasteiger partial charge in [0.05, 0.1) is 9.95 Å². The van der Waals surface area contributed by atoms with Gasteiger partial charge in [-0.2, -0.15) is 4.98 Å². The summed E-state index contributed by atoms with van der Waals surface area (Å²) >= 11 is 13.1. The molecule has 0 fully saturated rings. The molecule has 0 atom stereocenters. The molecular formula is C12H10Cl2N4O2S. The fourth-order valence-electron chi connectivity index (χ4n) is 1.46. The van der Waals surface area contributed by atoms with Crippen molar-refractivity contribution < 1.29 is 4.92 Å². The molecule has 0 bridgehead atoms. The molecule has 0 aliphatic rings. The van der Waals surface area contributed by atoms with Gasteiger partial charge in [-0.1, -0.05) is 35.0 Å². The summed E-state index contributed by atoms with van der Waals surface area (Å²) in [6.45, 7) is 2.49. The molecule has 110 valence electrons. The molecule has 0 unspecified atom stereocenters. The maximum absolute atomic E-state index is 11.1. The molecule has 1 aromatic heterocycles. The molecule has 0 amide bonds. The summed E-state index contributed by atoms with van der Waals surface area (Å²) in [6.07, 6.45) is 1.17. The van der Waals surface area contributed by atoms with E-state index in [-0.39, 0.29) is 10.7 Å². The monoisotopic (exact) mass is 344 g/mol. The second-order valence-corrected chi connectivity index (χ2v) is 5.72. The van der Waals surface area contributed by atoms with Crippen LogP contribution < -0.4 is 5.32 Å². The third-order valence-electron chi connectivity index (χ3n) is 2.37. The zero-order valence-electron chi connectivity index (χ0n) is 10.8. The van der Waals surface area contributed by atoms with Crippen LogP contribution in [0.3, 0.4) is 0 Å². The predicted molar refractivity (Wildman–Crippen MR) is 83.4 cm³/mol. The lowest BCUT2D eigenvalue weighted by Gasteiger charge is -2.07. The molecule has 2 aromatic rings. The Morgan fingerprint density at radius 3 is 2.86 bits per heavy atom. The zero-order valence-corrected chi connectivity index (χ0v) is 13.2. The lowest BCUT2D eigenvalue weighted by molar-refractivity contribution is -0.388. The lowest BCUT2D eigenvalue weighted by Crippen LogP contribution is -2.04. The number of benzene rings is 1. The minimum Gasteiger partial charge on any atom is -0.354 e. The number of halogens is 2. The van der Waals surface area contributed by atoms with Gasteiger partial charge in [0, 0.05) is 16.5 Å². The summed E-state index contributed by atoms with van der Waals surface area (Å²) in [7, 11) is 0. The summed E-state index contributed by atoms with van der Waals surface area (Å²) in [5, 5.41) is 15.1. The van der Waals surface area contributed by atoms with Crippen LogP contribution in [0.4, 0.5) is 11.6 Å². The van der Waals surface area contributed by atoms with Crippen LogP contribution in [-0.4, -0.2) is 21.4 Å². The van der Waals surface area contributed by atoms with Crippen molar-refractivity contribution in [1.29, 1.82) is 0 Å². The standard InChI is InChI=1S/C12H10Cl2N4O2S/c1-2-15-12-16-6-9(18(19)20)11(17-12)21-10-5-7(13)3-4-8(10)14/h3-6H,2H2,1H3,(H,15,16,17). The molecule has 9 heteroatoms. The number of anilines is 1. The summed E-state index contributed by atoms with van der Waals surface area (Å²) in [6, 6.07) is 4.91. The van der Waals surface area contributed by atoms with Gasteiger partial charge in [0.1, 0.15) is 6.20 Å². The number of nitrogens with one attached hydrogen (secondary N) is 1. The molecule has 1 aromatic carbocycles. The van der Waals surface area contributed by atoms with Crippen molar-refractivity contribution >= 4 is 46.6 Å². The normalized spacial score (nSPS) is 10.4. The van der Waals surface area contributed by atoms with Gasteiger partial charge in [-0.05, 0) is 25.1 Å². The highest BCUT2D eigenvalue weighted by molar-refractivity contribution is 7.99. The van der Waals surface area contributed by atoms with E-state index in [1.54, 1.807) is 18.2 Å². The van der Waals surface area contributed by atoms with Gasteiger partial charge >= 0.3 is 5.69 Å². The Kier molecular flexibility index (Phi) is 5.22. The van der Waals surface area contributed by atoms with Crippen LogP contribution in [0.2, 0.25) is 10.0 Å². The first-order valence-electron chi connectivity index (χ1n) is 5.89. The first kappa shape index (κ1) is 15.8. The Morgan fingerprint density at radius 1 is 1.43 bits per heavy atom. The molecule has 0 saturated heterocycles.